The third-order valence-corrected chi connectivity index (χ3v) is 5.32. The van der Waals surface area contributed by atoms with Crippen LogP contribution in [0.2, 0.25) is 0 Å². The molecule has 0 radical (unpaired) electrons. The Morgan fingerprint density at radius 1 is 0.483 bits per heavy atom. The lowest BCUT2D eigenvalue weighted by Crippen LogP contribution is -1.85. The highest BCUT2D eigenvalue weighted by atomic mass is 32.2. The van der Waals surface area contributed by atoms with Crippen LogP contribution < -0.4 is 0 Å². The lowest BCUT2D eigenvalue weighted by atomic mass is 10.0. The van der Waals surface area contributed by atoms with Gasteiger partial charge in [-0.05, 0) is 48.7 Å². The summed E-state index contributed by atoms with van der Waals surface area (Å²) in [4.78, 5) is 2.57. The van der Waals surface area contributed by atoms with Gasteiger partial charge in [0.25, 0.3) is 0 Å². The van der Waals surface area contributed by atoms with Gasteiger partial charge in [-0.2, -0.15) is 0 Å². The number of hydrogen-bond acceptors (Lipinski definition) is 1. The molecule has 148 valence electrons. The Morgan fingerprint density at radius 3 is 1.52 bits per heavy atom. The highest BCUT2D eigenvalue weighted by molar-refractivity contribution is 7.99. The smallest absolute Gasteiger partial charge is 0.0200 e. The summed E-state index contributed by atoms with van der Waals surface area (Å²) in [5.41, 5.74) is 5.25. The molecular weight excluding hydrogens is 368 g/mol. The molecule has 0 aliphatic rings. The van der Waals surface area contributed by atoms with Crippen molar-refractivity contribution >= 4 is 11.8 Å². The first-order valence-electron chi connectivity index (χ1n) is 10.1. The highest BCUT2D eigenvalue weighted by Gasteiger charge is 2.07. The van der Waals surface area contributed by atoms with Gasteiger partial charge in [-0.25, -0.2) is 0 Å². The fourth-order valence-corrected chi connectivity index (χ4v) is 3.78. The van der Waals surface area contributed by atoms with Crippen molar-refractivity contribution in [3.63, 3.8) is 0 Å². The van der Waals surface area contributed by atoms with Crippen molar-refractivity contribution in [3.8, 4) is 11.1 Å². The van der Waals surface area contributed by atoms with E-state index in [4.69, 9.17) is 0 Å². The molecule has 0 unspecified atom stereocenters. The zero-order chi connectivity index (χ0) is 20.9. The summed E-state index contributed by atoms with van der Waals surface area (Å²) < 4.78 is 0. The molecule has 0 bridgehead atoms. The Morgan fingerprint density at radius 2 is 0.966 bits per heavy atom. The molecule has 4 rings (SSSR count). The second kappa shape index (κ2) is 12.6. The quantitative estimate of drug-likeness (QED) is 0.332. The lowest BCUT2D eigenvalue weighted by molar-refractivity contribution is 1.37. The van der Waals surface area contributed by atoms with E-state index in [-0.39, 0.29) is 0 Å². The zero-order valence-corrected chi connectivity index (χ0v) is 18.6. The third-order valence-electron chi connectivity index (χ3n) is 4.23. The number of hydrogen-bond donors (Lipinski definition) is 0. The molecule has 0 aliphatic heterocycles. The van der Waals surface area contributed by atoms with Crippen molar-refractivity contribution in [1.82, 2.24) is 0 Å². The van der Waals surface area contributed by atoms with Crippen LogP contribution in [-0.2, 0) is 0 Å². The van der Waals surface area contributed by atoms with Gasteiger partial charge in [0.05, 0.1) is 0 Å². The summed E-state index contributed by atoms with van der Waals surface area (Å²) in [6, 6.07) is 37.9. The van der Waals surface area contributed by atoms with Gasteiger partial charge in [0.15, 0.2) is 0 Å². The highest BCUT2D eigenvalue weighted by Crippen LogP contribution is 2.36. The van der Waals surface area contributed by atoms with Gasteiger partial charge in [0, 0.05) is 9.79 Å². The van der Waals surface area contributed by atoms with E-state index in [1.54, 1.807) is 0 Å². The van der Waals surface area contributed by atoms with Crippen LogP contribution in [0.3, 0.4) is 0 Å². The Balaban J connectivity index is 0.000000280. The molecule has 0 saturated carbocycles. The van der Waals surface area contributed by atoms with E-state index in [2.05, 4.69) is 105 Å². The predicted molar refractivity (Wildman–Crippen MR) is 130 cm³/mol. The van der Waals surface area contributed by atoms with E-state index in [0.717, 1.165) is 0 Å². The van der Waals surface area contributed by atoms with E-state index in [9.17, 15) is 0 Å². The summed E-state index contributed by atoms with van der Waals surface area (Å²) in [5, 5.41) is 0. The normalized spacial score (nSPS) is 9.52. The van der Waals surface area contributed by atoms with Crippen LogP contribution in [0, 0.1) is 13.8 Å². The van der Waals surface area contributed by atoms with Gasteiger partial charge >= 0.3 is 0 Å². The van der Waals surface area contributed by atoms with Crippen molar-refractivity contribution < 1.29 is 0 Å². The number of rotatable bonds is 3. The summed E-state index contributed by atoms with van der Waals surface area (Å²) in [7, 11) is 0. The maximum atomic E-state index is 2.20. The minimum Gasteiger partial charge on any atom is -0.0895 e. The average molecular weight is 399 g/mol. The Labute approximate surface area is 180 Å². The van der Waals surface area contributed by atoms with Crippen molar-refractivity contribution in [2.45, 2.75) is 37.5 Å². The molecular formula is C28H30S. The SMILES string of the molecule is CC.Cc1ccccc1.Cc1ccccc1-c1ccccc1Sc1ccccc1. The molecule has 0 saturated heterocycles. The molecule has 29 heavy (non-hydrogen) atoms. The van der Waals surface area contributed by atoms with Crippen LogP contribution in [-0.4, -0.2) is 0 Å². The first kappa shape index (κ1) is 22.5. The first-order chi connectivity index (χ1) is 14.2. The van der Waals surface area contributed by atoms with Crippen molar-refractivity contribution in [2.24, 2.45) is 0 Å². The van der Waals surface area contributed by atoms with Crippen LogP contribution in [0.4, 0.5) is 0 Å². The first-order valence-corrected chi connectivity index (χ1v) is 11.0. The lowest BCUT2D eigenvalue weighted by Gasteiger charge is -2.11. The largest absolute Gasteiger partial charge is 0.0895 e. The average Bonchev–Trinajstić information content (AvgIpc) is 2.78. The fraction of sp³-hybridized carbons (Fsp3) is 0.143. The molecule has 0 aromatic heterocycles. The van der Waals surface area contributed by atoms with Crippen LogP contribution >= 0.6 is 11.8 Å². The van der Waals surface area contributed by atoms with E-state index in [0.29, 0.717) is 0 Å². The molecule has 0 spiro atoms. The maximum Gasteiger partial charge on any atom is 0.0200 e. The van der Waals surface area contributed by atoms with Crippen molar-refractivity contribution in [2.75, 3.05) is 0 Å². The van der Waals surface area contributed by atoms with Gasteiger partial charge in [-0.3, -0.25) is 0 Å². The Hall–Kier alpha value is -2.77. The monoisotopic (exact) mass is 398 g/mol. The number of benzene rings is 4. The van der Waals surface area contributed by atoms with E-state index in [1.807, 2.05) is 43.8 Å². The Bertz CT molecular complexity index is 959. The zero-order valence-electron chi connectivity index (χ0n) is 17.8. The fourth-order valence-electron chi connectivity index (χ4n) is 2.80. The molecule has 0 amide bonds. The maximum absolute atomic E-state index is 2.20. The standard InChI is InChI=1S/C19H16S.C7H8.C2H6/c1-15-9-5-6-12-17(15)18-13-7-8-14-19(18)20-16-10-3-2-4-11-16;1-7-5-3-2-4-6-7;1-2/h2-14H,1H3;2-6H,1H3;1-2H3. The second-order valence-electron chi connectivity index (χ2n) is 6.38. The van der Waals surface area contributed by atoms with Gasteiger partial charge in [-0.15, -0.1) is 0 Å². The summed E-state index contributed by atoms with van der Waals surface area (Å²) in [5.74, 6) is 0. The van der Waals surface area contributed by atoms with Gasteiger partial charge < -0.3 is 0 Å². The summed E-state index contributed by atoms with van der Waals surface area (Å²) in [6.07, 6.45) is 0. The molecule has 0 N–H and O–H groups in total. The summed E-state index contributed by atoms with van der Waals surface area (Å²) in [6.45, 7) is 8.25. The molecule has 0 nitrogen and oxygen atoms in total. The number of aryl methyl sites for hydroxylation is 2. The van der Waals surface area contributed by atoms with Crippen LogP contribution in [0.25, 0.3) is 11.1 Å². The molecule has 0 heterocycles. The summed E-state index contributed by atoms with van der Waals surface area (Å²) >= 11 is 1.82. The van der Waals surface area contributed by atoms with E-state index in [1.165, 1.54) is 32.0 Å². The van der Waals surface area contributed by atoms with Crippen LogP contribution in [0.5, 0.6) is 0 Å². The van der Waals surface area contributed by atoms with Crippen LogP contribution in [0.15, 0.2) is 119 Å². The van der Waals surface area contributed by atoms with E-state index >= 15 is 0 Å². The van der Waals surface area contributed by atoms with Crippen molar-refractivity contribution in [3.05, 3.63) is 120 Å². The molecule has 4 aromatic rings. The molecule has 1 heteroatoms. The molecule has 0 atom stereocenters. The minimum atomic E-state index is 1.27. The third kappa shape index (κ3) is 7.29. The van der Waals surface area contributed by atoms with Crippen LogP contribution in [0.1, 0.15) is 25.0 Å². The van der Waals surface area contributed by atoms with Gasteiger partial charge in [0.1, 0.15) is 0 Å². The molecule has 0 aliphatic carbocycles. The van der Waals surface area contributed by atoms with Gasteiger partial charge in [0.2, 0.25) is 0 Å². The van der Waals surface area contributed by atoms with Crippen molar-refractivity contribution in [1.29, 1.82) is 0 Å². The van der Waals surface area contributed by atoms with Gasteiger partial charge in [-0.1, -0.05) is 122 Å². The topological polar surface area (TPSA) is 0 Å². The minimum absolute atomic E-state index is 1.27. The predicted octanol–water partition coefficient (Wildman–Crippen LogP) is 8.83. The Kier molecular flexibility index (Phi) is 9.82. The van der Waals surface area contributed by atoms with E-state index < -0.39 is 0 Å². The molecule has 4 aromatic carbocycles. The molecule has 0 fully saturated rings. The second-order valence-corrected chi connectivity index (χ2v) is 7.50.